The van der Waals surface area contributed by atoms with Crippen LogP contribution in [0, 0.1) is 6.92 Å². The number of nitrogens with two attached hydrogens (primary N) is 1. The topological polar surface area (TPSA) is 78.9 Å². The third kappa shape index (κ3) is 3.20. The van der Waals surface area contributed by atoms with E-state index in [1.54, 1.807) is 4.90 Å². The molecule has 0 unspecified atom stereocenters. The highest BCUT2D eigenvalue weighted by Gasteiger charge is 2.22. The van der Waals surface area contributed by atoms with Crippen molar-refractivity contribution in [2.45, 2.75) is 26.8 Å². The van der Waals surface area contributed by atoms with Crippen molar-refractivity contribution >= 4 is 23.1 Å². The number of amidine groups is 1. The summed E-state index contributed by atoms with van der Waals surface area (Å²) in [7, 11) is 0. The SMILES string of the molecule is Cc1ccsc1C(=O)N(CC(N)=NO)C(C)C. The highest BCUT2D eigenvalue weighted by atomic mass is 32.1. The molecule has 0 aromatic carbocycles. The molecule has 0 aliphatic rings. The zero-order valence-corrected chi connectivity index (χ0v) is 11.0. The van der Waals surface area contributed by atoms with Crippen molar-refractivity contribution in [3.63, 3.8) is 0 Å². The first-order chi connectivity index (χ1) is 7.97. The number of nitrogens with zero attached hydrogens (tertiary/aromatic N) is 2. The van der Waals surface area contributed by atoms with E-state index < -0.39 is 0 Å². The average Bonchev–Trinajstić information content (AvgIpc) is 2.70. The van der Waals surface area contributed by atoms with Gasteiger partial charge in [0.25, 0.3) is 5.91 Å². The molecule has 1 rings (SSSR count). The minimum absolute atomic E-state index is 0.00991. The lowest BCUT2D eigenvalue weighted by molar-refractivity contribution is 0.0738. The second-order valence-electron chi connectivity index (χ2n) is 4.05. The van der Waals surface area contributed by atoms with Crippen molar-refractivity contribution in [3.8, 4) is 0 Å². The van der Waals surface area contributed by atoms with Crippen molar-refractivity contribution in [2.24, 2.45) is 10.9 Å². The summed E-state index contributed by atoms with van der Waals surface area (Å²) in [6.45, 7) is 5.81. The Morgan fingerprint density at radius 2 is 2.29 bits per heavy atom. The van der Waals surface area contributed by atoms with E-state index in [4.69, 9.17) is 10.9 Å². The molecule has 0 aliphatic carbocycles. The van der Waals surface area contributed by atoms with E-state index in [1.807, 2.05) is 32.2 Å². The number of hydrogen-bond acceptors (Lipinski definition) is 4. The third-order valence-electron chi connectivity index (χ3n) is 2.40. The van der Waals surface area contributed by atoms with Crippen LogP contribution in [0.15, 0.2) is 16.6 Å². The normalized spacial score (nSPS) is 11.9. The lowest BCUT2D eigenvalue weighted by Crippen LogP contribution is -2.42. The number of carbonyl (C=O) groups is 1. The van der Waals surface area contributed by atoms with Gasteiger partial charge in [0.1, 0.15) is 0 Å². The molecule has 1 heterocycles. The maximum atomic E-state index is 12.3. The van der Waals surface area contributed by atoms with Gasteiger partial charge in [-0.2, -0.15) is 0 Å². The molecule has 1 aromatic heterocycles. The molecule has 0 bridgehead atoms. The van der Waals surface area contributed by atoms with Crippen molar-refractivity contribution < 1.29 is 10.0 Å². The maximum absolute atomic E-state index is 12.3. The summed E-state index contributed by atoms with van der Waals surface area (Å²) < 4.78 is 0. The number of rotatable bonds is 4. The molecule has 94 valence electrons. The van der Waals surface area contributed by atoms with Gasteiger partial charge in [0.2, 0.25) is 0 Å². The Bertz CT molecular complexity index is 426. The predicted molar refractivity (Wildman–Crippen MR) is 68.6 cm³/mol. The Labute approximate surface area is 105 Å². The minimum Gasteiger partial charge on any atom is -0.409 e. The summed E-state index contributed by atoms with van der Waals surface area (Å²) in [5.41, 5.74) is 6.40. The van der Waals surface area contributed by atoms with Gasteiger partial charge in [-0.1, -0.05) is 5.16 Å². The Morgan fingerprint density at radius 1 is 1.65 bits per heavy atom. The van der Waals surface area contributed by atoms with Gasteiger partial charge < -0.3 is 15.8 Å². The van der Waals surface area contributed by atoms with Crippen LogP contribution in [0.4, 0.5) is 0 Å². The number of carbonyl (C=O) groups excluding carboxylic acids is 1. The van der Waals surface area contributed by atoms with Crippen LogP contribution >= 0.6 is 11.3 Å². The summed E-state index contributed by atoms with van der Waals surface area (Å²) >= 11 is 1.40. The molecule has 1 aromatic rings. The average molecular weight is 255 g/mol. The van der Waals surface area contributed by atoms with Crippen molar-refractivity contribution in [2.75, 3.05) is 6.54 Å². The molecule has 17 heavy (non-hydrogen) atoms. The summed E-state index contributed by atoms with van der Waals surface area (Å²) in [5, 5.41) is 13.3. The molecule has 6 heteroatoms. The van der Waals surface area contributed by atoms with Crippen LogP contribution in [0.2, 0.25) is 0 Å². The van der Waals surface area contributed by atoms with Gasteiger partial charge in [0, 0.05) is 6.04 Å². The number of oxime groups is 1. The highest BCUT2D eigenvalue weighted by Crippen LogP contribution is 2.19. The van der Waals surface area contributed by atoms with Gasteiger partial charge in [0.05, 0.1) is 11.4 Å². The van der Waals surface area contributed by atoms with Crippen LogP contribution in [-0.4, -0.2) is 34.4 Å². The second-order valence-corrected chi connectivity index (χ2v) is 4.97. The van der Waals surface area contributed by atoms with Crippen LogP contribution < -0.4 is 5.73 Å². The van der Waals surface area contributed by atoms with Crippen LogP contribution in [-0.2, 0) is 0 Å². The fraction of sp³-hybridized carbons (Fsp3) is 0.455. The van der Waals surface area contributed by atoms with E-state index in [0.29, 0.717) is 4.88 Å². The fourth-order valence-electron chi connectivity index (χ4n) is 1.42. The Kier molecular flexibility index (Phi) is 4.51. The molecule has 0 fully saturated rings. The Balaban J connectivity index is 2.93. The zero-order valence-electron chi connectivity index (χ0n) is 10.2. The number of hydrogen-bond donors (Lipinski definition) is 2. The molecule has 5 nitrogen and oxygen atoms in total. The van der Waals surface area contributed by atoms with Crippen LogP contribution in [0.25, 0.3) is 0 Å². The molecule has 0 aliphatic heterocycles. The second kappa shape index (κ2) is 5.67. The molecular formula is C11H17N3O2S. The molecule has 0 atom stereocenters. The Hall–Kier alpha value is -1.56. The monoisotopic (exact) mass is 255 g/mol. The minimum atomic E-state index is -0.0842. The number of aryl methyl sites for hydroxylation is 1. The lowest BCUT2D eigenvalue weighted by atomic mass is 10.2. The zero-order chi connectivity index (χ0) is 13.0. The van der Waals surface area contributed by atoms with Crippen LogP contribution in [0.3, 0.4) is 0 Å². The lowest BCUT2D eigenvalue weighted by Gasteiger charge is -2.25. The quantitative estimate of drug-likeness (QED) is 0.371. The Morgan fingerprint density at radius 3 is 2.71 bits per heavy atom. The van der Waals surface area contributed by atoms with Gasteiger partial charge in [-0.05, 0) is 37.8 Å². The van der Waals surface area contributed by atoms with Crippen LogP contribution in [0.5, 0.6) is 0 Å². The van der Waals surface area contributed by atoms with Crippen molar-refractivity contribution in [1.29, 1.82) is 0 Å². The molecule has 0 saturated carbocycles. The first-order valence-electron chi connectivity index (χ1n) is 5.28. The van der Waals surface area contributed by atoms with Gasteiger partial charge in [-0.3, -0.25) is 4.79 Å². The molecule has 0 radical (unpaired) electrons. The number of amides is 1. The third-order valence-corrected chi connectivity index (χ3v) is 3.41. The largest absolute Gasteiger partial charge is 0.409 e. The van der Waals surface area contributed by atoms with Crippen LogP contribution in [0.1, 0.15) is 29.1 Å². The molecular weight excluding hydrogens is 238 g/mol. The van der Waals surface area contributed by atoms with Crippen molar-refractivity contribution in [3.05, 3.63) is 21.9 Å². The van der Waals surface area contributed by atoms with Gasteiger partial charge in [-0.15, -0.1) is 11.3 Å². The van der Waals surface area contributed by atoms with Gasteiger partial charge in [0.15, 0.2) is 5.84 Å². The molecule has 1 amide bonds. The first-order valence-corrected chi connectivity index (χ1v) is 6.16. The highest BCUT2D eigenvalue weighted by molar-refractivity contribution is 7.12. The van der Waals surface area contributed by atoms with E-state index in [2.05, 4.69) is 5.16 Å². The fourth-order valence-corrected chi connectivity index (χ4v) is 2.30. The van der Waals surface area contributed by atoms with E-state index in [9.17, 15) is 4.79 Å². The summed E-state index contributed by atoms with van der Waals surface area (Å²) in [6.07, 6.45) is 0. The maximum Gasteiger partial charge on any atom is 0.264 e. The van der Waals surface area contributed by atoms with Gasteiger partial charge in [-0.25, -0.2) is 0 Å². The summed E-state index contributed by atoms with van der Waals surface area (Å²) in [5.74, 6) is -0.0552. The number of thiophene rings is 1. The molecule has 3 N–H and O–H groups in total. The van der Waals surface area contributed by atoms with Crippen molar-refractivity contribution in [1.82, 2.24) is 4.90 Å². The van der Waals surface area contributed by atoms with E-state index in [-0.39, 0.29) is 24.3 Å². The molecule has 0 spiro atoms. The smallest absolute Gasteiger partial charge is 0.264 e. The summed E-state index contributed by atoms with van der Waals surface area (Å²) in [4.78, 5) is 14.5. The first kappa shape index (κ1) is 13.5. The standard InChI is InChI=1S/C11H17N3O2S/c1-7(2)14(6-9(12)13-16)11(15)10-8(3)4-5-17-10/h4-5,7,16H,6H2,1-3H3,(H2,12,13). The van der Waals surface area contributed by atoms with E-state index in [0.717, 1.165) is 5.56 Å². The van der Waals surface area contributed by atoms with Gasteiger partial charge >= 0.3 is 0 Å². The van der Waals surface area contributed by atoms with E-state index >= 15 is 0 Å². The molecule has 0 saturated heterocycles. The van der Waals surface area contributed by atoms with E-state index in [1.165, 1.54) is 11.3 Å². The predicted octanol–water partition coefficient (Wildman–Crippen LogP) is 1.65. The summed E-state index contributed by atoms with van der Waals surface area (Å²) in [6, 6.07) is 1.89.